The first-order valence-corrected chi connectivity index (χ1v) is 7.00. The summed E-state index contributed by atoms with van der Waals surface area (Å²) in [5, 5.41) is 13.0. The molecule has 2 fully saturated rings. The van der Waals surface area contributed by atoms with Gasteiger partial charge in [0, 0.05) is 12.5 Å². The lowest BCUT2D eigenvalue weighted by molar-refractivity contribution is 0.0524. The van der Waals surface area contributed by atoms with Crippen molar-refractivity contribution in [2.24, 2.45) is 11.8 Å². The number of rotatable bonds is 1. The maximum absolute atomic E-state index is 11.3. The largest absolute Gasteiger partial charge is 0.393 e. The van der Waals surface area contributed by atoms with E-state index in [1.165, 1.54) is 0 Å². The third-order valence-electron chi connectivity index (χ3n) is 3.36. The number of aliphatic hydroxyl groups excluding tert-OH is 1. The molecule has 4 nitrogen and oxygen atoms in total. The lowest BCUT2D eigenvalue weighted by Crippen LogP contribution is -2.43. The Labute approximate surface area is 84.6 Å². The summed E-state index contributed by atoms with van der Waals surface area (Å²) in [5.74, 6) is 0.890. The first-order valence-electron chi connectivity index (χ1n) is 5.18. The van der Waals surface area contributed by atoms with Gasteiger partial charge in [-0.1, -0.05) is 0 Å². The van der Waals surface area contributed by atoms with Gasteiger partial charge in [-0.3, -0.25) is 0 Å². The summed E-state index contributed by atoms with van der Waals surface area (Å²) in [6, 6.07) is 0. The predicted octanol–water partition coefficient (Wildman–Crippen LogP) is -0.608. The lowest BCUT2D eigenvalue weighted by Gasteiger charge is -2.32. The zero-order valence-corrected chi connectivity index (χ0v) is 8.96. The molecule has 0 bridgehead atoms. The predicted molar refractivity (Wildman–Crippen MR) is 53.7 cm³/mol. The van der Waals surface area contributed by atoms with Crippen molar-refractivity contribution < 1.29 is 13.5 Å². The van der Waals surface area contributed by atoms with Crippen LogP contribution in [0.25, 0.3) is 0 Å². The molecule has 3 atom stereocenters. The third kappa shape index (κ3) is 2.10. The Balaban J connectivity index is 2.01. The van der Waals surface area contributed by atoms with Gasteiger partial charge in [0.25, 0.3) is 0 Å². The number of sulfone groups is 1. The summed E-state index contributed by atoms with van der Waals surface area (Å²) in [7, 11) is -2.81. The molecule has 2 N–H and O–H groups in total. The standard InChI is InChI=1S/C9H17NO3S/c11-9-1-3-10-5-8(9)7-2-4-14(12,13)6-7/h7-11H,1-6H2. The van der Waals surface area contributed by atoms with Crippen LogP contribution in [0.5, 0.6) is 0 Å². The van der Waals surface area contributed by atoms with E-state index in [0.717, 1.165) is 25.9 Å². The summed E-state index contributed by atoms with van der Waals surface area (Å²) < 4.78 is 22.6. The van der Waals surface area contributed by atoms with Gasteiger partial charge in [0.2, 0.25) is 0 Å². The zero-order chi connectivity index (χ0) is 10.2. The van der Waals surface area contributed by atoms with Crippen LogP contribution in [0, 0.1) is 11.8 Å². The van der Waals surface area contributed by atoms with Gasteiger partial charge in [-0.05, 0) is 25.3 Å². The van der Waals surface area contributed by atoms with E-state index in [4.69, 9.17) is 0 Å². The zero-order valence-electron chi connectivity index (χ0n) is 8.15. The van der Waals surface area contributed by atoms with Crippen molar-refractivity contribution in [1.82, 2.24) is 5.32 Å². The molecule has 0 amide bonds. The van der Waals surface area contributed by atoms with Gasteiger partial charge in [-0.2, -0.15) is 0 Å². The molecule has 14 heavy (non-hydrogen) atoms. The van der Waals surface area contributed by atoms with E-state index in [1.807, 2.05) is 0 Å². The quantitative estimate of drug-likeness (QED) is 0.617. The van der Waals surface area contributed by atoms with Crippen LogP contribution in [0.4, 0.5) is 0 Å². The molecule has 5 heteroatoms. The average molecular weight is 219 g/mol. The van der Waals surface area contributed by atoms with E-state index in [0.29, 0.717) is 5.75 Å². The van der Waals surface area contributed by atoms with Crippen molar-refractivity contribution in [3.8, 4) is 0 Å². The molecule has 2 heterocycles. The molecule has 0 spiro atoms. The average Bonchev–Trinajstić information content (AvgIpc) is 2.47. The van der Waals surface area contributed by atoms with Crippen LogP contribution in [0.3, 0.4) is 0 Å². The Bertz CT molecular complexity index is 301. The van der Waals surface area contributed by atoms with E-state index in [9.17, 15) is 13.5 Å². The normalized spacial score (nSPS) is 42.5. The van der Waals surface area contributed by atoms with Crippen LogP contribution in [0.1, 0.15) is 12.8 Å². The van der Waals surface area contributed by atoms with Crippen molar-refractivity contribution in [3.05, 3.63) is 0 Å². The summed E-state index contributed by atoms with van der Waals surface area (Å²) in [6.45, 7) is 1.61. The van der Waals surface area contributed by atoms with E-state index in [-0.39, 0.29) is 23.7 Å². The molecular weight excluding hydrogens is 202 g/mol. The van der Waals surface area contributed by atoms with Crippen LogP contribution < -0.4 is 5.32 Å². The molecule has 3 unspecified atom stereocenters. The maximum atomic E-state index is 11.3. The molecule has 0 radical (unpaired) electrons. The van der Waals surface area contributed by atoms with Crippen LogP contribution in [0.15, 0.2) is 0 Å². The number of piperidine rings is 1. The SMILES string of the molecule is O=S1(=O)CCC(C2CNCCC2O)C1. The van der Waals surface area contributed by atoms with Gasteiger partial charge in [0.1, 0.15) is 0 Å². The first-order chi connectivity index (χ1) is 6.58. The minimum absolute atomic E-state index is 0.140. The number of aliphatic hydroxyl groups is 1. The molecule has 2 rings (SSSR count). The van der Waals surface area contributed by atoms with E-state index in [2.05, 4.69) is 5.32 Å². The molecule has 0 aliphatic carbocycles. The van der Waals surface area contributed by atoms with Crippen LogP contribution >= 0.6 is 0 Å². The second-order valence-corrected chi connectivity index (χ2v) is 6.62. The fraction of sp³-hybridized carbons (Fsp3) is 1.00. The molecule has 2 saturated heterocycles. The summed E-state index contributed by atoms with van der Waals surface area (Å²) in [5.41, 5.74) is 0. The summed E-state index contributed by atoms with van der Waals surface area (Å²) in [6.07, 6.45) is 1.17. The highest BCUT2D eigenvalue weighted by Crippen LogP contribution is 2.30. The van der Waals surface area contributed by atoms with Crippen molar-refractivity contribution in [2.45, 2.75) is 18.9 Å². The van der Waals surface area contributed by atoms with E-state index < -0.39 is 9.84 Å². The summed E-state index contributed by atoms with van der Waals surface area (Å²) >= 11 is 0. The van der Waals surface area contributed by atoms with Crippen LogP contribution in [-0.2, 0) is 9.84 Å². The van der Waals surface area contributed by atoms with Crippen LogP contribution in [0.2, 0.25) is 0 Å². The fourth-order valence-corrected chi connectivity index (χ4v) is 4.41. The Morgan fingerprint density at radius 3 is 2.64 bits per heavy atom. The van der Waals surface area contributed by atoms with Crippen molar-refractivity contribution >= 4 is 9.84 Å². The number of nitrogens with one attached hydrogen (secondary N) is 1. The molecule has 0 aromatic carbocycles. The second-order valence-electron chi connectivity index (χ2n) is 4.39. The second kappa shape index (κ2) is 3.79. The topological polar surface area (TPSA) is 66.4 Å². The lowest BCUT2D eigenvalue weighted by atomic mass is 9.84. The number of hydrogen-bond acceptors (Lipinski definition) is 4. The van der Waals surface area contributed by atoms with E-state index in [1.54, 1.807) is 0 Å². The van der Waals surface area contributed by atoms with Crippen LogP contribution in [-0.4, -0.2) is 44.2 Å². The molecule has 2 aliphatic rings. The van der Waals surface area contributed by atoms with Crippen molar-refractivity contribution in [3.63, 3.8) is 0 Å². The Hall–Kier alpha value is -0.130. The Morgan fingerprint density at radius 1 is 1.29 bits per heavy atom. The monoisotopic (exact) mass is 219 g/mol. The minimum atomic E-state index is -2.81. The highest BCUT2D eigenvalue weighted by atomic mass is 32.2. The van der Waals surface area contributed by atoms with Gasteiger partial charge < -0.3 is 10.4 Å². The van der Waals surface area contributed by atoms with Gasteiger partial charge in [-0.25, -0.2) is 8.42 Å². The van der Waals surface area contributed by atoms with Gasteiger partial charge >= 0.3 is 0 Å². The molecule has 0 aromatic rings. The van der Waals surface area contributed by atoms with Gasteiger partial charge in [0.15, 0.2) is 9.84 Å². The molecule has 0 saturated carbocycles. The molecule has 82 valence electrons. The van der Waals surface area contributed by atoms with Crippen molar-refractivity contribution in [1.29, 1.82) is 0 Å². The first kappa shape index (κ1) is 10.4. The van der Waals surface area contributed by atoms with E-state index >= 15 is 0 Å². The Morgan fingerprint density at radius 2 is 2.07 bits per heavy atom. The minimum Gasteiger partial charge on any atom is -0.393 e. The van der Waals surface area contributed by atoms with Gasteiger partial charge in [0.05, 0.1) is 17.6 Å². The van der Waals surface area contributed by atoms with Crippen molar-refractivity contribution in [2.75, 3.05) is 24.6 Å². The number of hydrogen-bond donors (Lipinski definition) is 2. The molecule has 0 aromatic heterocycles. The smallest absolute Gasteiger partial charge is 0.150 e. The third-order valence-corrected chi connectivity index (χ3v) is 5.16. The fourth-order valence-electron chi connectivity index (χ4n) is 2.51. The highest BCUT2D eigenvalue weighted by molar-refractivity contribution is 7.91. The maximum Gasteiger partial charge on any atom is 0.150 e. The highest BCUT2D eigenvalue weighted by Gasteiger charge is 2.37. The summed E-state index contributed by atoms with van der Waals surface area (Å²) in [4.78, 5) is 0. The Kier molecular flexibility index (Phi) is 2.81. The van der Waals surface area contributed by atoms with Gasteiger partial charge in [-0.15, -0.1) is 0 Å². The molecule has 2 aliphatic heterocycles. The molecular formula is C9H17NO3S.